The van der Waals surface area contributed by atoms with E-state index < -0.39 is 0 Å². The molecule has 0 aliphatic carbocycles. The molecule has 1 saturated heterocycles. The van der Waals surface area contributed by atoms with Crippen LogP contribution in [-0.2, 0) is 0 Å². The van der Waals surface area contributed by atoms with Gasteiger partial charge in [0.15, 0.2) is 0 Å². The number of anilines is 2. The summed E-state index contributed by atoms with van der Waals surface area (Å²) in [6, 6.07) is 7.74. The quantitative estimate of drug-likeness (QED) is 0.578. The van der Waals surface area contributed by atoms with Crippen molar-refractivity contribution in [1.29, 1.82) is 0 Å². The normalized spacial score (nSPS) is 15.3. The topological polar surface area (TPSA) is 64.3 Å². The van der Waals surface area contributed by atoms with Crippen LogP contribution in [0.3, 0.4) is 0 Å². The summed E-state index contributed by atoms with van der Waals surface area (Å²) < 4.78 is 1.84. The van der Waals surface area contributed by atoms with Crippen molar-refractivity contribution in [2.75, 3.05) is 43.4 Å². The number of hydrogen-bond donors (Lipinski definition) is 2. The van der Waals surface area contributed by atoms with Crippen molar-refractivity contribution in [3.05, 3.63) is 51.2 Å². The number of H-pyrrole nitrogens is 1. The average Bonchev–Trinajstić information content (AvgIpc) is 3.06. The Kier molecular flexibility index (Phi) is 5.21. The van der Waals surface area contributed by atoms with Crippen LogP contribution in [0.4, 0.5) is 11.5 Å². The van der Waals surface area contributed by atoms with Crippen LogP contribution in [0.25, 0.3) is 10.9 Å². The number of pyridine rings is 1. The Balaban J connectivity index is 1.49. The lowest BCUT2D eigenvalue weighted by Crippen LogP contribution is -2.44. The summed E-state index contributed by atoms with van der Waals surface area (Å²) in [5, 5.41) is 3.80. The summed E-state index contributed by atoms with van der Waals surface area (Å²) in [7, 11) is 2.13. The van der Waals surface area contributed by atoms with Crippen molar-refractivity contribution in [2.24, 2.45) is 0 Å². The van der Waals surface area contributed by atoms with Gasteiger partial charge in [-0.05, 0) is 63.2 Å². The number of piperazine rings is 1. The Labute approximate surface area is 174 Å². The van der Waals surface area contributed by atoms with Gasteiger partial charge in [0.25, 0.3) is 5.91 Å². The summed E-state index contributed by atoms with van der Waals surface area (Å²) in [6.07, 6.45) is 3.44. The second-order valence-electron chi connectivity index (χ2n) is 6.66. The zero-order chi connectivity index (χ0) is 19.0. The molecule has 0 atom stereocenters. The van der Waals surface area contributed by atoms with Gasteiger partial charge in [0.2, 0.25) is 0 Å². The van der Waals surface area contributed by atoms with E-state index in [1.165, 1.54) is 0 Å². The number of aromatic nitrogens is 2. The van der Waals surface area contributed by atoms with E-state index in [4.69, 9.17) is 0 Å². The van der Waals surface area contributed by atoms with E-state index in [0.29, 0.717) is 11.3 Å². The van der Waals surface area contributed by atoms with Gasteiger partial charge in [-0.25, -0.2) is 4.98 Å². The van der Waals surface area contributed by atoms with Gasteiger partial charge in [0.05, 0.1) is 17.4 Å². The Hall–Kier alpha value is -1.90. The molecular formula is C19H19Br2N5O. The molecule has 8 heteroatoms. The fraction of sp³-hybridized carbons (Fsp3) is 0.263. The van der Waals surface area contributed by atoms with Crippen LogP contribution in [0.5, 0.6) is 0 Å². The van der Waals surface area contributed by atoms with Gasteiger partial charge in [-0.15, -0.1) is 0 Å². The van der Waals surface area contributed by atoms with Gasteiger partial charge in [-0.1, -0.05) is 0 Å². The van der Waals surface area contributed by atoms with Gasteiger partial charge < -0.3 is 20.1 Å². The highest BCUT2D eigenvalue weighted by Gasteiger charge is 2.16. The first-order chi connectivity index (χ1) is 13.0. The molecule has 1 aliphatic rings. The molecular weight excluding hydrogens is 474 g/mol. The van der Waals surface area contributed by atoms with Crippen LogP contribution >= 0.6 is 31.9 Å². The first-order valence-electron chi connectivity index (χ1n) is 8.68. The summed E-state index contributed by atoms with van der Waals surface area (Å²) in [5.74, 6) is 0.784. The van der Waals surface area contributed by atoms with E-state index in [0.717, 1.165) is 51.8 Å². The number of hydrogen-bond acceptors (Lipinski definition) is 4. The lowest BCUT2D eigenvalue weighted by atomic mass is 10.1. The molecule has 0 unspecified atom stereocenters. The van der Waals surface area contributed by atoms with Crippen LogP contribution in [0.1, 0.15) is 10.4 Å². The van der Waals surface area contributed by atoms with Gasteiger partial charge >= 0.3 is 0 Å². The van der Waals surface area contributed by atoms with Crippen molar-refractivity contribution in [3.8, 4) is 0 Å². The number of likely N-dealkylation sites (N-methyl/N-ethyl adjacent to an activating group) is 1. The van der Waals surface area contributed by atoms with Crippen molar-refractivity contribution in [1.82, 2.24) is 14.9 Å². The first kappa shape index (κ1) is 18.5. The van der Waals surface area contributed by atoms with Crippen molar-refractivity contribution in [2.45, 2.75) is 0 Å². The fourth-order valence-corrected chi connectivity index (χ4v) is 3.87. The SMILES string of the molecule is CN1CCN(c2ccc(NC(=O)c3c[nH]c4cc(Br)c(Br)cc34)cn2)CC1. The Morgan fingerprint density at radius 2 is 1.89 bits per heavy atom. The average molecular weight is 493 g/mol. The van der Waals surface area contributed by atoms with Gasteiger partial charge in [-0.2, -0.15) is 0 Å². The summed E-state index contributed by atoms with van der Waals surface area (Å²) in [4.78, 5) is 24.9. The van der Waals surface area contributed by atoms with Crippen molar-refractivity contribution in [3.63, 3.8) is 0 Å². The minimum absolute atomic E-state index is 0.162. The maximum Gasteiger partial charge on any atom is 0.257 e. The van der Waals surface area contributed by atoms with Crippen molar-refractivity contribution < 1.29 is 4.79 Å². The summed E-state index contributed by atoms with van der Waals surface area (Å²) in [5.41, 5.74) is 2.18. The number of nitrogens with one attached hydrogen (secondary N) is 2. The van der Waals surface area contributed by atoms with E-state index in [2.05, 4.69) is 64.0 Å². The third kappa shape index (κ3) is 3.88. The van der Waals surface area contributed by atoms with E-state index in [1.807, 2.05) is 24.3 Å². The van der Waals surface area contributed by atoms with E-state index in [9.17, 15) is 4.79 Å². The minimum atomic E-state index is -0.162. The van der Waals surface area contributed by atoms with E-state index >= 15 is 0 Å². The second kappa shape index (κ2) is 7.61. The molecule has 3 heterocycles. The monoisotopic (exact) mass is 491 g/mol. The smallest absolute Gasteiger partial charge is 0.257 e. The maximum atomic E-state index is 12.7. The molecule has 0 bridgehead atoms. The molecule has 140 valence electrons. The predicted octanol–water partition coefficient (Wildman–Crippen LogP) is 4.09. The largest absolute Gasteiger partial charge is 0.360 e. The number of carbonyl (C=O) groups is 1. The molecule has 0 saturated carbocycles. The zero-order valence-corrected chi connectivity index (χ0v) is 18.0. The lowest BCUT2D eigenvalue weighted by molar-refractivity contribution is 0.102. The molecule has 0 radical (unpaired) electrons. The highest BCUT2D eigenvalue weighted by atomic mass is 79.9. The maximum absolute atomic E-state index is 12.7. The van der Waals surface area contributed by atoms with Crippen LogP contribution < -0.4 is 10.2 Å². The first-order valence-corrected chi connectivity index (χ1v) is 10.3. The molecule has 4 rings (SSSR count). The standard InChI is InChI=1S/C19H19Br2N5O/c1-25-4-6-26(7-5-25)18-3-2-12(10-23-18)24-19(27)14-11-22-17-9-16(21)15(20)8-13(14)17/h2-3,8-11,22H,4-7H2,1H3,(H,24,27). The summed E-state index contributed by atoms with van der Waals surface area (Å²) >= 11 is 6.97. The van der Waals surface area contributed by atoms with Gasteiger partial charge in [-0.3, -0.25) is 4.79 Å². The number of fused-ring (bicyclic) bond motifs is 1. The number of rotatable bonds is 3. The molecule has 27 heavy (non-hydrogen) atoms. The molecule has 1 aliphatic heterocycles. The van der Waals surface area contributed by atoms with Crippen LogP contribution in [0, 0.1) is 0 Å². The Morgan fingerprint density at radius 3 is 2.59 bits per heavy atom. The van der Waals surface area contributed by atoms with Gasteiger partial charge in [0, 0.05) is 52.2 Å². The van der Waals surface area contributed by atoms with Crippen molar-refractivity contribution >= 4 is 60.2 Å². The molecule has 2 aromatic heterocycles. The molecule has 0 spiro atoms. The van der Waals surface area contributed by atoms with E-state index in [1.54, 1.807) is 12.4 Å². The minimum Gasteiger partial charge on any atom is -0.360 e. The number of halogens is 2. The Morgan fingerprint density at radius 1 is 1.15 bits per heavy atom. The molecule has 6 nitrogen and oxygen atoms in total. The molecule has 1 aromatic carbocycles. The zero-order valence-electron chi connectivity index (χ0n) is 14.8. The second-order valence-corrected chi connectivity index (χ2v) is 8.37. The molecule has 1 amide bonds. The third-order valence-corrected chi connectivity index (χ3v) is 6.64. The predicted molar refractivity (Wildman–Crippen MR) is 116 cm³/mol. The summed E-state index contributed by atoms with van der Waals surface area (Å²) in [6.45, 7) is 4.00. The van der Waals surface area contributed by atoms with E-state index in [-0.39, 0.29) is 5.91 Å². The number of nitrogens with zero attached hydrogens (tertiary/aromatic N) is 3. The molecule has 3 aromatic rings. The van der Waals surface area contributed by atoms with Crippen LogP contribution in [0.15, 0.2) is 45.6 Å². The van der Waals surface area contributed by atoms with Crippen LogP contribution in [-0.4, -0.2) is 54.0 Å². The van der Waals surface area contributed by atoms with Gasteiger partial charge in [0.1, 0.15) is 5.82 Å². The van der Waals surface area contributed by atoms with Crippen LogP contribution in [0.2, 0.25) is 0 Å². The number of carbonyl (C=O) groups excluding carboxylic acids is 1. The fourth-order valence-electron chi connectivity index (χ4n) is 3.19. The molecule has 1 fully saturated rings. The highest BCUT2D eigenvalue weighted by Crippen LogP contribution is 2.30. The number of aromatic amines is 1. The number of amides is 1. The molecule has 2 N–H and O–H groups in total. The lowest BCUT2D eigenvalue weighted by Gasteiger charge is -2.33. The number of benzene rings is 1. The third-order valence-electron chi connectivity index (χ3n) is 4.80. The Bertz CT molecular complexity index is 978. The highest BCUT2D eigenvalue weighted by molar-refractivity contribution is 9.13.